The zero-order valence-corrected chi connectivity index (χ0v) is 10.9. The summed E-state index contributed by atoms with van der Waals surface area (Å²) in [5, 5.41) is 0. The summed E-state index contributed by atoms with van der Waals surface area (Å²) >= 11 is 1.87. The van der Waals surface area contributed by atoms with Crippen LogP contribution >= 0.6 is 11.8 Å². The van der Waals surface area contributed by atoms with Crippen molar-refractivity contribution in [1.29, 1.82) is 0 Å². The minimum Gasteiger partial charge on any atom is -0.129 e. The predicted molar refractivity (Wildman–Crippen MR) is 70.6 cm³/mol. The van der Waals surface area contributed by atoms with Crippen LogP contribution in [0.3, 0.4) is 0 Å². The Kier molecular flexibility index (Phi) is 5.85. The van der Waals surface area contributed by atoms with Crippen LogP contribution < -0.4 is 0 Å². The van der Waals surface area contributed by atoms with Gasteiger partial charge in [-0.25, -0.2) is 0 Å². The Labute approximate surface area is 98.5 Å². The predicted octanol–water partition coefficient (Wildman–Crippen LogP) is 4.78. The first-order valence-electron chi connectivity index (χ1n) is 5.93. The molecule has 0 saturated heterocycles. The van der Waals surface area contributed by atoms with Gasteiger partial charge in [0.2, 0.25) is 0 Å². The second-order valence-corrected chi connectivity index (χ2v) is 4.93. The van der Waals surface area contributed by atoms with Crippen LogP contribution in [0, 0.1) is 5.92 Å². The van der Waals surface area contributed by atoms with Crippen molar-refractivity contribution < 1.29 is 0 Å². The van der Waals surface area contributed by atoms with Gasteiger partial charge in [0.05, 0.1) is 0 Å². The molecule has 0 bridgehead atoms. The molecule has 0 spiro atoms. The van der Waals surface area contributed by atoms with Crippen LogP contribution in [0.2, 0.25) is 0 Å². The van der Waals surface area contributed by atoms with E-state index in [0.29, 0.717) is 0 Å². The zero-order chi connectivity index (χ0) is 11.1. The van der Waals surface area contributed by atoms with Crippen LogP contribution in [-0.2, 0) is 6.42 Å². The zero-order valence-electron chi connectivity index (χ0n) is 10.1. The fraction of sp³-hybridized carbons (Fsp3) is 0.571. The standard InChI is InChI=1S/C14H22S/c1-4-8-12(5-2)11-13-9-6-7-10-14(13)15-3/h6-7,9-10,12H,4-5,8,11H2,1-3H3. The third-order valence-corrected chi connectivity index (χ3v) is 3.81. The summed E-state index contributed by atoms with van der Waals surface area (Å²) in [5.74, 6) is 0.864. The average Bonchev–Trinajstić information content (AvgIpc) is 2.29. The summed E-state index contributed by atoms with van der Waals surface area (Å²) in [5.41, 5.74) is 1.53. The summed E-state index contributed by atoms with van der Waals surface area (Å²) in [7, 11) is 0. The number of hydrogen-bond acceptors (Lipinski definition) is 1. The van der Waals surface area contributed by atoms with Crippen LogP contribution in [-0.4, -0.2) is 6.26 Å². The Morgan fingerprint density at radius 2 is 1.93 bits per heavy atom. The molecule has 0 aliphatic heterocycles. The summed E-state index contributed by atoms with van der Waals surface area (Å²) in [6.45, 7) is 4.59. The van der Waals surface area contributed by atoms with Crippen molar-refractivity contribution >= 4 is 11.8 Å². The Bertz CT molecular complexity index is 280. The molecule has 0 heterocycles. The SMILES string of the molecule is CCCC(CC)Cc1ccccc1SC. The van der Waals surface area contributed by atoms with Gasteiger partial charge in [-0.2, -0.15) is 0 Å². The number of thioether (sulfide) groups is 1. The Balaban J connectivity index is 2.69. The van der Waals surface area contributed by atoms with Crippen molar-refractivity contribution in [2.24, 2.45) is 5.92 Å². The van der Waals surface area contributed by atoms with Crippen LogP contribution in [0.4, 0.5) is 0 Å². The van der Waals surface area contributed by atoms with E-state index in [1.165, 1.54) is 36.1 Å². The highest BCUT2D eigenvalue weighted by Gasteiger charge is 2.08. The molecule has 1 rings (SSSR count). The van der Waals surface area contributed by atoms with Crippen molar-refractivity contribution in [2.75, 3.05) is 6.26 Å². The van der Waals surface area contributed by atoms with E-state index in [-0.39, 0.29) is 0 Å². The van der Waals surface area contributed by atoms with Crippen molar-refractivity contribution in [3.05, 3.63) is 29.8 Å². The molecule has 0 amide bonds. The van der Waals surface area contributed by atoms with Gasteiger partial charge in [-0.05, 0) is 30.2 Å². The van der Waals surface area contributed by atoms with Gasteiger partial charge >= 0.3 is 0 Å². The summed E-state index contributed by atoms with van der Waals surface area (Å²) < 4.78 is 0. The lowest BCUT2D eigenvalue weighted by Gasteiger charge is -2.15. The van der Waals surface area contributed by atoms with Gasteiger partial charge in [-0.1, -0.05) is 51.3 Å². The van der Waals surface area contributed by atoms with Crippen molar-refractivity contribution in [3.63, 3.8) is 0 Å². The third-order valence-electron chi connectivity index (χ3n) is 2.98. The van der Waals surface area contributed by atoms with E-state index in [0.717, 1.165) is 5.92 Å². The average molecular weight is 222 g/mol. The molecule has 0 aliphatic rings. The molecule has 0 nitrogen and oxygen atoms in total. The maximum absolute atomic E-state index is 2.31. The minimum absolute atomic E-state index is 0.864. The smallest absolute Gasteiger partial charge is 0.0101 e. The molecule has 84 valence electrons. The molecule has 1 atom stereocenters. The Morgan fingerprint density at radius 1 is 1.20 bits per heavy atom. The van der Waals surface area contributed by atoms with E-state index in [1.807, 2.05) is 11.8 Å². The topological polar surface area (TPSA) is 0 Å². The van der Waals surface area contributed by atoms with Crippen LogP contribution in [0.1, 0.15) is 38.7 Å². The molecule has 0 radical (unpaired) electrons. The van der Waals surface area contributed by atoms with E-state index >= 15 is 0 Å². The molecule has 0 aromatic heterocycles. The van der Waals surface area contributed by atoms with E-state index in [1.54, 1.807) is 0 Å². The lowest BCUT2D eigenvalue weighted by atomic mass is 9.93. The largest absolute Gasteiger partial charge is 0.129 e. The second kappa shape index (κ2) is 6.95. The molecular weight excluding hydrogens is 200 g/mol. The first kappa shape index (κ1) is 12.6. The van der Waals surface area contributed by atoms with Crippen LogP contribution in [0.5, 0.6) is 0 Å². The fourth-order valence-corrected chi connectivity index (χ4v) is 2.67. The van der Waals surface area contributed by atoms with Crippen LogP contribution in [0.15, 0.2) is 29.2 Å². The molecule has 1 aromatic carbocycles. The lowest BCUT2D eigenvalue weighted by Crippen LogP contribution is -2.03. The summed E-state index contributed by atoms with van der Waals surface area (Å²) in [4.78, 5) is 1.45. The van der Waals surface area contributed by atoms with Gasteiger partial charge in [-0.3, -0.25) is 0 Å². The normalized spacial score (nSPS) is 12.7. The van der Waals surface area contributed by atoms with E-state index in [4.69, 9.17) is 0 Å². The molecule has 1 aromatic rings. The maximum Gasteiger partial charge on any atom is 0.0101 e. The van der Waals surface area contributed by atoms with Crippen LogP contribution in [0.25, 0.3) is 0 Å². The van der Waals surface area contributed by atoms with Crippen molar-refractivity contribution in [1.82, 2.24) is 0 Å². The number of hydrogen-bond donors (Lipinski definition) is 0. The monoisotopic (exact) mass is 222 g/mol. The van der Waals surface area contributed by atoms with Gasteiger partial charge in [0.1, 0.15) is 0 Å². The third kappa shape index (κ3) is 3.90. The van der Waals surface area contributed by atoms with Crippen molar-refractivity contribution in [2.45, 2.75) is 44.4 Å². The fourth-order valence-electron chi connectivity index (χ4n) is 2.04. The lowest BCUT2D eigenvalue weighted by molar-refractivity contribution is 0.459. The molecule has 0 fully saturated rings. The highest BCUT2D eigenvalue weighted by molar-refractivity contribution is 7.98. The van der Waals surface area contributed by atoms with E-state index in [2.05, 4.69) is 44.4 Å². The molecule has 0 aliphatic carbocycles. The van der Waals surface area contributed by atoms with Gasteiger partial charge < -0.3 is 0 Å². The minimum atomic E-state index is 0.864. The van der Waals surface area contributed by atoms with E-state index < -0.39 is 0 Å². The van der Waals surface area contributed by atoms with Gasteiger partial charge in [0.25, 0.3) is 0 Å². The first-order valence-corrected chi connectivity index (χ1v) is 7.16. The van der Waals surface area contributed by atoms with Gasteiger partial charge in [-0.15, -0.1) is 11.8 Å². The van der Waals surface area contributed by atoms with Gasteiger partial charge in [0, 0.05) is 4.90 Å². The Morgan fingerprint density at radius 3 is 2.53 bits per heavy atom. The maximum atomic E-state index is 2.31. The summed E-state index contributed by atoms with van der Waals surface area (Å²) in [6, 6.07) is 8.81. The quantitative estimate of drug-likeness (QED) is 0.624. The van der Waals surface area contributed by atoms with Gasteiger partial charge in [0.15, 0.2) is 0 Å². The highest BCUT2D eigenvalue weighted by atomic mass is 32.2. The first-order chi connectivity index (χ1) is 7.31. The second-order valence-electron chi connectivity index (χ2n) is 4.08. The molecule has 15 heavy (non-hydrogen) atoms. The highest BCUT2D eigenvalue weighted by Crippen LogP contribution is 2.25. The molecule has 0 saturated carbocycles. The molecule has 0 N–H and O–H groups in total. The number of benzene rings is 1. The number of rotatable bonds is 6. The van der Waals surface area contributed by atoms with Crippen molar-refractivity contribution in [3.8, 4) is 0 Å². The molecule has 1 unspecified atom stereocenters. The van der Waals surface area contributed by atoms with E-state index in [9.17, 15) is 0 Å². The molecule has 1 heteroatoms. The molecular formula is C14H22S. The summed E-state index contributed by atoms with van der Waals surface area (Å²) in [6.07, 6.45) is 7.39. The Hall–Kier alpha value is -0.430.